The van der Waals surface area contributed by atoms with Crippen LogP contribution in [0.3, 0.4) is 0 Å². The minimum Gasteiger partial charge on any atom is -0.352 e. The summed E-state index contributed by atoms with van der Waals surface area (Å²) >= 11 is 0. The number of hydrogen-bond donors (Lipinski definition) is 2. The van der Waals surface area contributed by atoms with Gasteiger partial charge in [-0.15, -0.1) is 0 Å². The zero-order valence-corrected chi connectivity index (χ0v) is 11.8. The van der Waals surface area contributed by atoms with Crippen molar-refractivity contribution in [3.05, 3.63) is 28.3 Å². The summed E-state index contributed by atoms with van der Waals surface area (Å²) in [7, 11) is -3.83. The zero-order chi connectivity index (χ0) is 14.1. The van der Waals surface area contributed by atoms with Gasteiger partial charge in [0, 0.05) is 12.1 Å². The molecule has 0 spiro atoms. The number of sulfonamides is 1. The highest BCUT2D eigenvalue weighted by atomic mass is 32.2. The van der Waals surface area contributed by atoms with Crippen molar-refractivity contribution in [3.8, 4) is 0 Å². The molecule has 5 nitrogen and oxygen atoms in total. The van der Waals surface area contributed by atoms with Crippen LogP contribution in [0.4, 0.5) is 0 Å². The lowest BCUT2D eigenvalue weighted by atomic mass is 9.99. The molecule has 0 aliphatic carbocycles. The SMILES string of the molecule is CCNC(=O)c1c(C)cc(C)c(S(N)(=O)=O)c1C. The number of aryl methyl sites for hydroxylation is 2. The molecule has 0 aliphatic rings. The molecule has 0 radical (unpaired) electrons. The Balaban J connectivity index is 3.61. The molecule has 0 saturated carbocycles. The maximum atomic E-state index is 11.9. The maximum absolute atomic E-state index is 11.9. The number of amides is 1. The summed E-state index contributed by atoms with van der Waals surface area (Å²) < 4.78 is 23.1. The van der Waals surface area contributed by atoms with Crippen LogP contribution < -0.4 is 10.5 Å². The molecule has 0 saturated heterocycles. The van der Waals surface area contributed by atoms with Gasteiger partial charge in [0.25, 0.3) is 5.91 Å². The predicted molar refractivity (Wildman–Crippen MR) is 70.0 cm³/mol. The molecule has 0 atom stereocenters. The normalized spacial score (nSPS) is 11.4. The number of nitrogens with two attached hydrogens (primary N) is 1. The second-order valence-corrected chi connectivity index (χ2v) is 5.74. The van der Waals surface area contributed by atoms with Crippen LogP contribution in [0.5, 0.6) is 0 Å². The Labute approximate surface area is 107 Å². The van der Waals surface area contributed by atoms with Gasteiger partial charge in [-0.2, -0.15) is 0 Å². The average Bonchev–Trinajstić information content (AvgIpc) is 2.13. The van der Waals surface area contributed by atoms with E-state index in [0.717, 1.165) is 5.56 Å². The van der Waals surface area contributed by atoms with Gasteiger partial charge in [0.1, 0.15) is 0 Å². The van der Waals surface area contributed by atoms with Crippen LogP contribution in [0.1, 0.15) is 34.0 Å². The third kappa shape index (κ3) is 2.70. The molecule has 1 rings (SSSR count). The van der Waals surface area contributed by atoms with Gasteiger partial charge < -0.3 is 5.32 Å². The van der Waals surface area contributed by atoms with Crippen molar-refractivity contribution in [1.82, 2.24) is 5.32 Å². The molecule has 6 heteroatoms. The highest BCUT2D eigenvalue weighted by molar-refractivity contribution is 7.89. The molecule has 0 aromatic heterocycles. The predicted octanol–water partition coefficient (Wildman–Crippen LogP) is 1.01. The number of nitrogens with one attached hydrogen (secondary N) is 1. The van der Waals surface area contributed by atoms with Crippen LogP contribution >= 0.6 is 0 Å². The van der Waals surface area contributed by atoms with Crippen LogP contribution in [0.15, 0.2) is 11.0 Å². The lowest BCUT2D eigenvalue weighted by molar-refractivity contribution is 0.0954. The molecule has 0 aliphatic heterocycles. The largest absolute Gasteiger partial charge is 0.352 e. The minimum absolute atomic E-state index is 0.0364. The standard InChI is InChI=1S/C12H18N2O3S/c1-5-14-12(15)10-7(2)6-8(3)11(9(10)4)18(13,16)17/h6H,5H2,1-4H3,(H,14,15)(H2,13,16,17). The van der Waals surface area contributed by atoms with E-state index in [9.17, 15) is 13.2 Å². The number of benzene rings is 1. The molecule has 18 heavy (non-hydrogen) atoms. The van der Waals surface area contributed by atoms with E-state index in [1.165, 1.54) is 0 Å². The minimum atomic E-state index is -3.83. The van der Waals surface area contributed by atoms with E-state index >= 15 is 0 Å². The molecular formula is C12H18N2O3S. The van der Waals surface area contributed by atoms with Crippen LogP contribution in [-0.4, -0.2) is 20.9 Å². The second-order valence-electron chi connectivity index (χ2n) is 4.24. The fourth-order valence-corrected chi connectivity index (χ4v) is 3.24. The third-order valence-corrected chi connectivity index (χ3v) is 3.95. The van der Waals surface area contributed by atoms with E-state index in [2.05, 4.69) is 5.32 Å². The van der Waals surface area contributed by atoms with Crippen molar-refractivity contribution in [3.63, 3.8) is 0 Å². The van der Waals surface area contributed by atoms with Crippen LogP contribution in [-0.2, 0) is 10.0 Å². The number of carbonyl (C=O) groups is 1. The summed E-state index contributed by atoms with van der Waals surface area (Å²) in [5, 5.41) is 7.86. The van der Waals surface area contributed by atoms with E-state index in [4.69, 9.17) is 5.14 Å². The summed E-state index contributed by atoms with van der Waals surface area (Å²) in [6.45, 7) is 7.33. The van der Waals surface area contributed by atoms with E-state index in [-0.39, 0.29) is 10.8 Å². The van der Waals surface area contributed by atoms with Crippen molar-refractivity contribution >= 4 is 15.9 Å². The number of primary sulfonamides is 1. The second kappa shape index (κ2) is 5.07. The first-order valence-corrected chi connectivity index (χ1v) is 7.16. The summed E-state index contributed by atoms with van der Waals surface area (Å²) in [6.07, 6.45) is 0. The molecule has 0 heterocycles. The number of hydrogen-bond acceptors (Lipinski definition) is 3. The van der Waals surface area contributed by atoms with Gasteiger partial charge in [-0.25, -0.2) is 13.6 Å². The van der Waals surface area contributed by atoms with Gasteiger partial charge in [-0.1, -0.05) is 6.07 Å². The Kier molecular flexibility index (Phi) is 4.13. The molecule has 1 aromatic rings. The average molecular weight is 270 g/mol. The molecule has 0 unspecified atom stereocenters. The van der Waals surface area contributed by atoms with Gasteiger partial charge in [-0.3, -0.25) is 4.79 Å². The Bertz CT molecular complexity index is 592. The highest BCUT2D eigenvalue weighted by Crippen LogP contribution is 2.25. The van der Waals surface area contributed by atoms with E-state index in [0.29, 0.717) is 23.2 Å². The summed E-state index contributed by atoms with van der Waals surface area (Å²) in [4.78, 5) is 12.0. The zero-order valence-electron chi connectivity index (χ0n) is 11.0. The van der Waals surface area contributed by atoms with E-state index < -0.39 is 10.0 Å². The smallest absolute Gasteiger partial charge is 0.251 e. The Morgan fingerprint density at radius 2 is 1.83 bits per heavy atom. The number of carbonyl (C=O) groups excluding carboxylic acids is 1. The Morgan fingerprint density at radius 1 is 1.28 bits per heavy atom. The van der Waals surface area contributed by atoms with Gasteiger partial charge >= 0.3 is 0 Å². The number of rotatable bonds is 3. The molecule has 1 amide bonds. The van der Waals surface area contributed by atoms with Crippen LogP contribution in [0, 0.1) is 20.8 Å². The highest BCUT2D eigenvalue weighted by Gasteiger charge is 2.22. The summed E-state index contributed by atoms with van der Waals surface area (Å²) in [5.41, 5.74) is 2.08. The first kappa shape index (κ1) is 14.7. The van der Waals surface area contributed by atoms with Crippen molar-refractivity contribution < 1.29 is 13.2 Å². The molecule has 0 fully saturated rings. The van der Waals surface area contributed by atoms with Crippen LogP contribution in [0.2, 0.25) is 0 Å². The van der Waals surface area contributed by atoms with Crippen LogP contribution in [0.25, 0.3) is 0 Å². The quantitative estimate of drug-likeness (QED) is 0.859. The van der Waals surface area contributed by atoms with Crippen molar-refractivity contribution in [2.24, 2.45) is 5.14 Å². The van der Waals surface area contributed by atoms with Gasteiger partial charge in [0.2, 0.25) is 10.0 Å². The van der Waals surface area contributed by atoms with E-state index in [1.807, 2.05) is 0 Å². The summed E-state index contributed by atoms with van der Waals surface area (Å²) in [6, 6.07) is 1.66. The Hall–Kier alpha value is -1.40. The lowest BCUT2D eigenvalue weighted by Gasteiger charge is -2.15. The van der Waals surface area contributed by atoms with Gasteiger partial charge in [0.05, 0.1) is 4.90 Å². The molecular weight excluding hydrogens is 252 g/mol. The summed E-state index contributed by atoms with van der Waals surface area (Å²) in [5.74, 6) is -0.280. The lowest BCUT2D eigenvalue weighted by Crippen LogP contribution is -2.26. The fourth-order valence-electron chi connectivity index (χ4n) is 2.20. The topological polar surface area (TPSA) is 89.3 Å². The van der Waals surface area contributed by atoms with Gasteiger partial charge in [0.15, 0.2) is 0 Å². The monoisotopic (exact) mass is 270 g/mol. The van der Waals surface area contributed by atoms with Crippen molar-refractivity contribution in [2.45, 2.75) is 32.6 Å². The third-order valence-electron chi connectivity index (χ3n) is 2.75. The molecule has 100 valence electrons. The first-order valence-electron chi connectivity index (χ1n) is 5.62. The van der Waals surface area contributed by atoms with E-state index in [1.54, 1.807) is 33.8 Å². The Morgan fingerprint density at radius 3 is 2.28 bits per heavy atom. The van der Waals surface area contributed by atoms with Gasteiger partial charge in [-0.05, 0) is 44.4 Å². The first-order chi connectivity index (χ1) is 8.20. The maximum Gasteiger partial charge on any atom is 0.251 e. The molecule has 3 N–H and O–H groups in total. The molecule has 1 aromatic carbocycles. The van der Waals surface area contributed by atoms with Crippen molar-refractivity contribution in [1.29, 1.82) is 0 Å². The van der Waals surface area contributed by atoms with Crippen molar-refractivity contribution in [2.75, 3.05) is 6.54 Å². The molecule has 0 bridgehead atoms. The fraction of sp³-hybridized carbons (Fsp3) is 0.417.